The molecule has 4 heteroatoms. The maximum Gasteiger partial charge on any atom is 0.416 e. The van der Waals surface area contributed by atoms with Gasteiger partial charge in [0.25, 0.3) is 0 Å². The molecule has 1 aromatic carbocycles. The topological polar surface area (TPSA) is 3.24 Å². The normalized spacial score (nSPS) is 16.5. The molecule has 2 rings (SSSR count). The first-order valence-electron chi connectivity index (χ1n) is 5.80. The average molecular weight is 243 g/mol. The van der Waals surface area contributed by atoms with E-state index in [0.29, 0.717) is 18.0 Å². The summed E-state index contributed by atoms with van der Waals surface area (Å²) >= 11 is 0. The zero-order valence-electron chi connectivity index (χ0n) is 9.80. The van der Waals surface area contributed by atoms with E-state index in [0.717, 1.165) is 12.6 Å². The van der Waals surface area contributed by atoms with E-state index in [-0.39, 0.29) is 0 Å². The molecule has 0 amide bonds. The summed E-state index contributed by atoms with van der Waals surface area (Å²) in [6.45, 7) is 1.26. The number of alkyl halides is 3. The summed E-state index contributed by atoms with van der Waals surface area (Å²) in [7, 11) is 1.88. The van der Waals surface area contributed by atoms with Crippen molar-refractivity contribution in [2.75, 3.05) is 13.6 Å². The minimum Gasteiger partial charge on any atom is -0.302 e. The minimum atomic E-state index is -4.25. The van der Waals surface area contributed by atoms with Crippen molar-refractivity contribution in [1.82, 2.24) is 4.90 Å². The van der Waals surface area contributed by atoms with Crippen LogP contribution in [0, 0.1) is 5.92 Å². The summed E-state index contributed by atoms with van der Waals surface area (Å²) in [6, 6.07) is 5.81. The maximum absolute atomic E-state index is 12.8. The quantitative estimate of drug-likeness (QED) is 0.781. The van der Waals surface area contributed by atoms with Crippen molar-refractivity contribution in [3.05, 3.63) is 35.4 Å². The number of hydrogen-bond donors (Lipinski definition) is 0. The van der Waals surface area contributed by atoms with Gasteiger partial charge in [-0.05, 0) is 37.4 Å². The molecule has 1 aliphatic carbocycles. The van der Waals surface area contributed by atoms with Crippen LogP contribution in [0.2, 0.25) is 0 Å². The third kappa shape index (κ3) is 3.46. The summed E-state index contributed by atoms with van der Waals surface area (Å²) < 4.78 is 38.3. The molecule has 94 valence electrons. The fourth-order valence-corrected chi connectivity index (χ4v) is 2.03. The van der Waals surface area contributed by atoms with E-state index in [1.54, 1.807) is 12.1 Å². The lowest BCUT2D eigenvalue weighted by atomic mass is 10.1. The SMILES string of the molecule is CN(Cc1ccccc1C(F)(F)F)CC1CC1. The number of halogens is 3. The zero-order chi connectivity index (χ0) is 12.5. The molecule has 0 atom stereocenters. The Morgan fingerprint density at radius 2 is 1.88 bits per heavy atom. The van der Waals surface area contributed by atoms with Crippen molar-refractivity contribution in [2.24, 2.45) is 5.92 Å². The van der Waals surface area contributed by atoms with Gasteiger partial charge in [-0.1, -0.05) is 18.2 Å². The molecular weight excluding hydrogens is 227 g/mol. The van der Waals surface area contributed by atoms with Gasteiger partial charge in [-0.3, -0.25) is 0 Å². The third-order valence-corrected chi connectivity index (χ3v) is 3.03. The first-order chi connectivity index (χ1) is 7.97. The Labute approximate surface area is 99.2 Å². The summed E-state index contributed by atoms with van der Waals surface area (Å²) in [6.07, 6.45) is -1.83. The van der Waals surface area contributed by atoms with Gasteiger partial charge in [0, 0.05) is 13.1 Å². The van der Waals surface area contributed by atoms with Crippen LogP contribution in [0.3, 0.4) is 0 Å². The van der Waals surface area contributed by atoms with Gasteiger partial charge in [-0.15, -0.1) is 0 Å². The van der Waals surface area contributed by atoms with Gasteiger partial charge >= 0.3 is 6.18 Å². The number of nitrogens with zero attached hydrogens (tertiary/aromatic N) is 1. The van der Waals surface area contributed by atoms with Crippen molar-refractivity contribution >= 4 is 0 Å². The van der Waals surface area contributed by atoms with Crippen LogP contribution in [0.15, 0.2) is 24.3 Å². The number of benzene rings is 1. The highest BCUT2D eigenvalue weighted by atomic mass is 19.4. The molecule has 0 heterocycles. The third-order valence-electron chi connectivity index (χ3n) is 3.03. The summed E-state index contributed by atoms with van der Waals surface area (Å²) in [5.74, 6) is 0.693. The van der Waals surface area contributed by atoms with E-state index in [4.69, 9.17) is 0 Å². The molecule has 1 nitrogen and oxygen atoms in total. The average Bonchev–Trinajstić information content (AvgIpc) is 3.00. The van der Waals surface area contributed by atoms with Crippen LogP contribution in [-0.2, 0) is 12.7 Å². The molecule has 0 aliphatic heterocycles. The molecule has 0 bridgehead atoms. The molecular formula is C13H16F3N. The molecule has 17 heavy (non-hydrogen) atoms. The summed E-state index contributed by atoms with van der Waals surface area (Å²) in [5, 5.41) is 0. The van der Waals surface area contributed by atoms with Crippen LogP contribution in [-0.4, -0.2) is 18.5 Å². The van der Waals surface area contributed by atoms with Crippen molar-refractivity contribution < 1.29 is 13.2 Å². The van der Waals surface area contributed by atoms with Crippen LogP contribution < -0.4 is 0 Å². The van der Waals surface area contributed by atoms with E-state index in [2.05, 4.69) is 0 Å². The Kier molecular flexibility index (Phi) is 3.43. The van der Waals surface area contributed by atoms with Gasteiger partial charge in [0.15, 0.2) is 0 Å². The smallest absolute Gasteiger partial charge is 0.302 e. The van der Waals surface area contributed by atoms with Crippen LogP contribution in [0.4, 0.5) is 13.2 Å². The maximum atomic E-state index is 12.8. The monoisotopic (exact) mass is 243 g/mol. The molecule has 0 radical (unpaired) electrons. The van der Waals surface area contributed by atoms with Gasteiger partial charge in [0.2, 0.25) is 0 Å². The second-order valence-corrected chi connectivity index (χ2v) is 4.80. The standard InChI is InChI=1S/C13H16F3N/c1-17(8-10-6-7-10)9-11-4-2-3-5-12(11)13(14,15)16/h2-5,10H,6-9H2,1H3. The Morgan fingerprint density at radius 1 is 1.24 bits per heavy atom. The lowest BCUT2D eigenvalue weighted by molar-refractivity contribution is -0.138. The lowest BCUT2D eigenvalue weighted by Crippen LogP contribution is -2.22. The molecule has 1 fully saturated rings. The highest BCUT2D eigenvalue weighted by Gasteiger charge is 2.33. The number of hydrogen-bond acceptors (Lipinski definition) is 1. The van der Waals surface area contributed by atoms with Crippen LogP contribution in [0.25, 0.3) is 0 Å². The van der Waals surface area contributed by atoms with Crippen molar-refractivity contribution in [1.29, 1.82) is 0 Å². The first kappa shape index (κ1) is 12.4. The van der Waals surface area contributed by atoms with Gasteiger partial charge in [-0.25, -0.2) is 0 Å². The van der Waals surface area contributed by atoms with E-state index in [1.165, 1.54) is 18.9 Å². The fourth-order valence-electron chi connectivity index (χ4n) is 2.03. The zero-order valence-corrected chi connectivity index (χ0v) is 9.80. The predicted molar refractivity (Wildman–Crippen MR) is 60.5 cm³/mol. The van der Waals surface area contributed by atoms with E-state index in [1.807, 2.05) is 11.9 Å². The summed E-state index contributed by atoms with van der Waals surface area (Å²) in [4.78, 5) is 1.97. The van der Waals surface area contributed by atoms with E-state index >= 15 is 0 Å². The van der Waals surface area contributed by atoms with Crippen LogP contribution >= 0.6 is 0 Å². The first-order valence-corrected chi connectivity index (χ1v) is 5.80. The minimum absolute atomic E-state index is 0.364. The second kappa shape index (κ2) is 4.69. The van der Waals surface area contributed by atoms with Crippen molar-refractivity contribution in [3.63, 3.8) is 0 Å². The van der Waals surface area contributed by atoms with Gasteiger partial charge in [0.05, 0.1) is 5.56 Å². The van der Waals surface area contributed by atoms with E-state index < -0.39 is 11.7 Å². The van der Waals surface area contributed by atoms with Crippen molar-refractivity contribution in [2.45, 2.75) is 25.6 Å². The van der Waals surface area contributed by atoms with Crippen LogP contribution in [0.1, 0.15) is 24.0 Å². The fraction of sp³-hybridized carbons (Fsp3) is 0.538. The molecule has 0 spiro atoms. The highest BCUT2D eigenvalue weighted by molar-refractivity contribution is 5.29. The Morgan fingerprint density at radius 3 is 2.47 bits per heavy atom. The Bertz CT molecular complexity index is 382. The van der Waals surface area contributed by atoms with Gasteiger partial charge in [-0.2, -0.15) is 13.2 Å². The second-order valence-electron chi connectivity index (χ2n) is 4.80. The van der Waals surface area contributed by atoms with Crippen LogP contribution in [0.5, 0.6) is 0 Å². The molecule has 0 aromatic heterocycles. The highest BCUT2D eigenvalue weighted by Crippen LogP contribution is 2.33. The molecule has 0 unspecified atom stereocenters. The Hall–Kier alpha value is -1.03. The van der Waals surface area contributed by atoms with Gasteiger partial charge < -0.3 is 4.90 Å². The molecule has 1 aromatic rings. The number of rotatable bonds is 4. The molecule has 0 N–H and O–H groups in total. The van der Waals surface area contributed by atoms with Crippen molar-refractivity contribution in [3.8, 4) is 0 Å². The summed E-state index contributed by atoms with van der Waals surface area (Å²) in [5.41, 5.74) is -0.147. The lowest BCUT2D eigenvalue weighted by Gasteiger charge is -2.19. The van der Waals surface area contributed by atoms with E-state index in [9.17, 15) is 13.2 Å². The van der Waals surface area contributed by atoms with Gasteiger partial charge in [0.1, 0.15) is 0 Å². The molecule has 1 aliphatic rings. The predicted octanol–water partition coefficient (Wildman–Crippen LogP) is 3.55. The molecule has 0 saturated heterocycles. The largest absolute Gasteiger partial charge is 0.416 e. The Balaban J connectivity index is 2.08. The molecule has 1 saturated carbocycles.